The van der Waals surface area contributed by atoms with E-state index in [1.165, 1.54) is 5.39 Å². The minimum absolute atomic E-state index is 0.839. The number of ether oxygens (including phenoxy) is 1. The number of aliphatic imine (C=N–C) groups is 1. The van der Waals surface area contributed by atoms with Gasteiger partial charge >= 0.3 is 0 Å². The van der Waals surface area contributed by atoms with Crippen molar-refractivity contribution in [1.29, 1.82) is 0 Å². The van der Waals surface area contributed by atoms with Crippen LogP contribution in [0.3, 0.4) is 0 Å². The Balaban J connectivity index is 1.89. The SMILES string of the molecule is COc1ccc(/N=C/c2c[nH]c3ccccc23)cc1. The quantitative estimate of drug-likeness (QED) is 0.703. The predicted molar refractivity (Wildman–Crippen MR) is 78.5 cm³/mol. The van der Waals surface area contributed by atoms with Crippen molar-refractivity contribution < 1.29 is 4.74 Å². The van der Waals surface area contributed by atoms with E-state index in [4.69, 9.17) is 4.74 Å². The lowest BCUT2D eigenvalue weighted by molar-refractivity contribution is 0.415. The fourth-order valence-electron chi connectivity index (χ4n) is 2.01. The Morgan fingerprint density at radius 3 is 2.63 bits per heavy atom. The molecule has 3 nitrogen and oxygen atoms in total. The van der Waals surface area contributed by atoms with Gasteiger partial charge in [0.1, 0.15) is 5.75 Å². The first-order valence-electron chi connectivity index (χ1n) is 6.11. The molecule has 94 valence electrons. The molecule has 0 radical (unpaired) electrons. The lowest BCUT2D eigenvalue weighted by Gasteiger charge is -1.98. The average Bonchev–Trinajstić information content (AvgIpc) is 2.89. The van der Waals surface area contributed by atoms with Crippen molar-refractivity contribution in [3.63, 3.8) is 0 Å². The second-order valence-electron chi connectivity index (χ2n) is 4.25. The number of hydrogen-bond donors (Lipinski definition) is 1. The normalized spacial score (nSPS) is 11.2. The zero-order valence-electron chi connectivity index (χ0n) is 10.6. The summed E-state index contributed by atoms with van der Waals surface area (Å²) in [6, 6.07) is 15.9. The van der Waals surface area contributed by atoms with Crippen molar-refractivity contribution in [2.45, 2.75) is 0 Å². The van der Waals surface area contributed by atoms with Gasteiger partial charge in [-0.15, -0.1) is 0 Å². The number of para-hydroxylation sites is 1. The number of methoxy groups -OCH3 is 1. The fourth-order valence-corrected chi connectivity index (χ4v) is 2.01. The third-order valence-corrected chi connectivity index (χ3v) is 3.05. The van der Waals surface area contributed by atoms with Gasteiger partial charge in [0, 0.05) is 28.9 Å². The summed E-state index contributed by atoms with van der Waals surface area (Å²) in [5, 5.41) is 1.18. The lowest BCUT2D eigenvalue weighted by atomic mass is 10.2. The molecule has 0 aliphatic carbocycles. The smallest absolute Gasteiger partial charge is 0.119 e. The van der Waals surface area contributed by atoms with Crippen LogP contribution in [0.15, 0.2) is 59.7 Å². The van der Waals surface area contributed by atoms with Crippen molar-refractivity contribution in [3.05, 3.63) is 60.3 Å². The van der Waals surface area contributed by atoms with Gasteiger partial charge in [0.2, 0.25) is 0 Å². The van der Waals surface area contributed by atoms with E-state index in [0.29, 0.717) is 0 Å². The third-order valence-electron chi connectivity index (χ3n) is 3.05. The molecule has 1 aromatic heterocycles. The lowest BCUT2D eigenvalue weighted by Crippen LogP contribution is -1.80. The summed E-state index contributed by atoms with van der Waals surface area (Å²) < 4.78 is 5.12. The Kier molecular flexibility index (Phi) is 3.02. The fraction of sp³-hybridized carbons (Fsp3) is 0.0625. The van der Waals surface area contributed by atoms with Crippen LogP contribution in [-0.2, 0) is 0 Å². The summed E-state index contributed by atoms with van der Waals surface area (Å²) >= 11 is 0. The standard InChI is InChI=1S/C16H14N2O/c1-19-14-8-6-13(7-9-14)17-10-12-11-18-16-5-3-2-4-15(12)16/h2-11,18H,1H3/b17-10+. The van der Waals surface area contributed by atoms with E-state index in [0.717, 1.165) is 22.5 Å². The van der Waals surface area contributed by atoms with Crippen molar-refractivity contribution in [2.75, 3.05) is 7.11 Å². The van der Waals surface area contributed by atoms with E-state index in [-0.39, 0.29) is 0 Å². The molecule has 0 atom stereocenters. The topological polar surface area (TPSA) is 37.4 Å². The van der Waals surface area contributed by atoms with Gasteiger partial charge in [-0.05, 0) is 30.3 Å². The summed E-state index contributed by atoms with van der Waals surface area (Å²) in [6.07, 6.45) is 3.85. The molecule has 3 aromatic rings. The third kappa shape index (κ3) is 2.36. The number of benzene rings is 2. The Bertz CT molecular complexity index is 711. The second-order valence-corrected chi connectivity index (χ2v) is 4.25. The minimum atomic E-state index is 0.839. The summed E-state index contributed by atoms with van der Waals surface area (Å²) in [6.45, 7) is 0. The first-order valence-corrected chi connectivity index (χ1v) is 6.11. The van der Waals surface area contributed by atoms with Crippen LogP contribution >= 0.6 is 0 Å². The van der Waals surface area contributed by atoms with Crippen LogP contribution in [0.4, 0.5) is 5.69 Å². The maximum absolute atomic E-state index is 5.12. The van der Waals surface area contributed by atoms with Gasteiger partial charge in [-0.3, -0.25) is 4.99 Å². The molecule has 3 rings (SSSR count). The van der Waals surface area contributed by atoms with Crippen LogP contribution in [0.1, 0.15) is 5.56 Å². The van der Waals surface area contributed by atoms with Gasteiger partial charge in [-0.25, -0.2) is 0 Å². The summed E-state index contributed by atoms with van der Waals surface area (Å²) in [5.74, 6) is 0.839. The Labute approximate surface area is 111 Å². The number of nitrogens with zero attached hydrogens (tertiary/aromatic N) is 1. The molecule has 0 spiro atoms. The van der Waals surface area contributed by atoms with Crippen LogP contribution in [0.5, 0.6) is 5.75 Å². The van der Waals surface area contributed by atoms with E-state index < -0.39 is 0 Å². The summed E-state index contributed by atoms with van der Waals surface area (Å²) in [4.78, 5) is 7.71. The number of H-pyrrole nitrogens is 1. The number of rotatable bonds is 3. The van der Waals surface area contributed by atoms with E-state index in [9.17, 15) is 0 Å². The van der Waals surface area contributed by atoms with Crippen LogP contribution in [0.25, 0.3) is 10.9 Å². The van der Waals surface area contributed by atoms with Crippen molar-refractivity contribution in [2.24, 2.45) is 4.99 Å². The van der Waals surface area contributed by atoms with Crippen molar-refractivity contribution in [1.82, 2.24) is 4.98 Å². The molecule has 1 N–H and O–H groups in total. The van der Waals surface area contributed by atoms with Crippen LogP contribution in [0, 0.1) is 0 Å². The summed E-state index contributed by atoms with van der Waals surface area (Å²) in [7, 11) is 1.66. The minimum Gasteiger partial charge on any atom is -0.497 e. The molecule has 3 heteroatoms. The Hall–Kier alpha value is -2.55. The molecule has 0 amide bonds. The van der Waals surface area contributed by atoms with E-state index in [2.05, 4.69) is 22.1 Å². The maximum atomic E-state index is 5.12. The van der Waals surface area contributed by atoms with Crippen molar-refractivity contribution >= 4 is 22.8 Å². The van der Waals surface area contributed by atoms with Gasteiger partial charge in [-0.2, -0.15) is 0 Å². The number of nitrogens with one attached hydrogen (secondary N) is 1. The largest absolute Gasteiger partial charge is 0.497 e. The van der Waals surface area contributed by atoms with E-state index in [1.54, 1.807) is 7.11 Å². The average molecular weight is 250 g/mol. The summed E-state index contributed by atoms with van der Waals surface area (Å²) in [5.41, 5.74) is 3.12. The number of aromatic nitrogens is 1. The molecule has 0 saturated carbocycles. The molecule has 2 aromatic carbocycles. The highest BCUT2D eigenvalue weighted by molar-refractivity contribution is 5.99. The Morgan fingerprint density at radius 1 is 1.05 bits per heavy atom. The van der Waals surface area contributed by atoms with Gasteiger partial charge in [0.15, 0.2) is 0 Å². The molecule has 0 saturated heterocycles. The molecule has 0 fully saturated rings. The van der Waals surface area contributed by atoms with Crippen molar-refractivity contribution in [3.8, 4) is 5.75 Å². The van der Waals surface area contributed by atoms with Crippen LogP contribution < -0.4 is 4.74 Å². The molecule has 0 bridgehead atoms. The van der Waals surface area contributed by atoms with Crippen LogP contribution in [-0.4, -0.2) is 18.3 Å². The molecular weight excluding hydrogens is 236 g/mol. The zero-order chi connectivity index (χ0) is 13.1. The van der Waals surface area contributed by atoms with E-state index >= 15 is 0 Å². The van der Waals surface area contributed by atoms with Gasteiger partial charge in [-0.1, -0.05) is 18.2 Å². The number of aromatic amines is 1. The van der Waals surface area contributed by atoms with Gasteiger partial charge in [0.05, 0.1) is 12.8 Å². The number of fused-ring (bicyclic) bond motifs is 1. The maximum Gasteiger partial charge on any atom is 0.119 e. The molecule has 19 heavy (non-hydrogen) atoms. The molecule has 0 unspecified atom stereocenters. The molecule has 0 aliphatic heterocycles. The Morgan fingerprint density at radius 2 is 1.84 bits per heavy atom. The van der Waals surface area contributed by atoms with Gasteiger partial charge in [0.25, 0.3) is 0 Å². The van der Waals surface area contributed by atoms with Gasteiger partial charge < -0.3 is 9.72 Å². The predicted octanol–water partition coefficient (Wildman–Crippen LogP) is 3.93. The second kappa shape index (κ2) is 4.98. The molecular formula is C16H14N2O. The first kappa shape index (κ1) is 11.5. The first-order chi connectivity index (χ1) is 9.36. The van der Waals surface area contributed by atoms with E-state index in [1.807, 2.05) is 48.8 Å². The molecule has 1 heterocycles. The highest BCUT2D eigenvalue weighted by Crippen LogP contribution is 2.19. The monoisotopic (exact) mass is 250 g/mol. The zero-order valence-corrected chi connectivity index (χ0v) is 10.6. The highest BCUT2D eigenvalue weighted by atomic mass is 16.5. The highest BCUT2D eigenvalue weighted by Gasteiger charge is 1.99. The van der Waals surface area contributed by atoms with Crippen LogP contribution in [0.2, 0.25) is 0 Å². The number of hydrogen-bond acceptors (Lipinski definition) is 2. The molecule has 0 aliphatic rings.